The molecule has 0 bridgehead atoms. The molecule has 2 unspecified atom stereocenters. The van der Waals surface area contributed by atoms with Gasteiger partial charge < -0.3 is 5.11 Å². The number of hydrogen-bond donors (Lipinski definition) is 1. The molecule has 4 heteroatoms. The minimum atomic E-state index is -0.599. The van der Waals surface area contributed by atoms with Crippen molar-refractivity contribution >= 4 is 17.7 Å². The van der Waals surface area contributed by atoms with Gasteiger partial charge in [0.15, 0.2) is 0 Å². The zero-order valence-corrected chi connectivity index (χ0v) is 10.1. The van der Waals surface area contributed by atoms with Gasteiger partial charge in [0.1, 0.15) is 0 Å². The highest BCUT2D eigenvalue weighted by Crippen LogP contribution is 2.37. The minimum absolute atomic E-state index is 0.451. The van der Waals surface area contributed by atoms with Crippen LogP contribution in [0.1, 0.15) is 26.2 Å². The monoisotopic (exact) mass is 229 g/mol. The Hall–Kier alpha value is -0.220. The Bertz CT molecular complexity index is 253. The van der Waals surface area contributed by atoms with Crippen molar-refractivity contribution in [3.05, 3.63) is 0 Å². The van der Waals surface area contributed by atoms with E-state index < -0.39 is 11.4 Å². The van der Waals surface area contributed by atoms with Crippen molar-refractivity contribution in [2.45, 2.75) is 32.2 Å². The average Bonchev–Trinajstić information content (AvgIpc) is 2.87. The fourth-order valence-corrected chi connectivity index (χ4v) is 3.90. The Morgan fingerprint density at radius 3 is 2.93 bits per heavy atom. The third-order valence-electron chi connectivity index (χ3n) is 3.94. The van der Waals surface area contributed by atoms with E-state index in [0.717, 1.165) is 25.9 Å². The van der Waals surface area contributed by atoms with Crippen molar-refractivity contribution in [3.8, 4) is 0 Å². The summed E-state index contributed by atoms with van der Waals surface area (Å²) in [6, 6.07) is 0.641. The summed E-state index contributed by atoms with van der Waals surface area (Å²) < 4.78 is 0. The molecule has 0 spiro atoms. The first-order valence-corrected chi connectivity index (χ1v) is 6.88. The zero-order valence-electron chi connectivity index (χ0n) is 9.24. The molecule has 0 amide bonds. The zero-order chi connectivity index (χ0) is 10.9. The van der Waals surface area contributed by atoms with Crippen molar-refractivity contribution in [1.29, 1.82) is 0 Å². The molecular formula is C11H19NO2S. The molecule has 0 aromatic rings. The SMILES string of the molecule is CCC1(C(=O)O)CCN(C2CCSC2)C1. The number of carboxylic acid groups (broad SMARTS) is 1. The summed E-state index contributed by atoms with van der Waals surface area (Å²) >= 11 is 2.00. The number of hydrogen-bond acceptors (Lipinski definition) is 3. The molecule has 15 heavy (non-hydrogen) atoms. The lowest BCUT2D eigenvalue weighted by atomic mass is 9.84. The predicted molar refractivity (Wildman–Crippen MR) is 62.3 cm³/mol. The molecule has 2 fully saturated rings. The summed E-state index contributed by atoms with van der Waals surface area (Å²) in [5.74, 6) is 1.84. The van der Waals surface area contributed by atoms with Gasteiger partial charge in [0.05, 0.1) is 5.41 Å². The summed E-state index contributed by atoms with van der Waals surface area (Å²) in [5.41, 5.74) is -0.451. The molecule has 0 aliphatic carbocycles. The Morgan fingerprint density at radius 2 is 2.47 bits per heavy atom. The van der Waals surface area contributed by atoms with Gasteiger partial charge in [-0.25, -0.2) is 0 Å². The highest BCUT2D eigenvalue weighted by molar-refractivity contribution is 7.99. The normalized spacial score (nSPS) is 37.3. The first-order valence-electron chi connectivity index (χ1n) is 5.73. The van der Waals surface area contributed by atoms with Crippen LogP contribution in [0, 0.1) is 5.41 Å². The van der Waals surface area contributed by atoms with Gasteiger partial charge >= 0.3 is 5.97 Å². The molecule has 0 radical (unpaired) electrons. The van der Waals surface area contributed by atoms with Gasteiger partial charge in [-0.2, -0.15) is 11.8 Å². The van der Waals surface area contributed by atoms with Crippen molar-refractivity contribution < 1.29 is 9.90 Å². The molecule has 2 saturated heterocycles. The van der Waals surface area contributed by atoms with E-state index in [1.54, 1.807) is 0 Å². The summed E-state index contributed by atoms with van der Waals surface area (Å²) in [4.78, 5) is 13.7. The quantitative estimate of drug-likeness (QED) is 0.799. The van der Waals surface area contributed by atoms with E-state index in [2.05, 4.69) is 4.90 Å². The van der Waals surface area contributed by atoms with E-state index in [0.29, 0.717) is 6.04 Å². The Morgan fingerprint density at radius 1 is 1.67 bits per heavy atom. The van der Waals surface area contributed by atoms with Gasteiger partial charge in [-0.15, -0.1) is 0 Å². The number of likely N-dealkylation sites (tertiary alicyclic amines) is 1. The second-order valence-electron chi connectivity index (χ2n) is 4.68. The number of carboxylic acids is 1. The lowest BCUT2D eigenvalue weighted by Gasteiger charge is -2.26. The van der Waals surface area contributed by atoms with Gasteiger partial charge in [0, 0.05) is 18.3 Å². The Kier molecular flexibility index (Phi) is 3.26. The van der Waals surface area contributed by atoms with Crippen LogP contribution in [-0.2, 0) is 4.79 Å². The maximum absolute atomic E-state index is 11.3. The summed E-state index contributed by atoms with van der Waals surface area (Å²) in [5, 5.41) is 9.29. The largest absolute Gasteiger partial charge is 0.481 e. The van der Waals surface area contributed by atoms with Gasteiger partial charge in [0.2, 0.25) is 0 Å². The van der Waals surface area contributed by atoms with Crippen LogP contribution in [0.3, 0.4) is 0 Å². The van der Waals surface area contributed by atoms with Crippen LogP contribution in [0.2, 0.25) is 0 Å². The van der Waals surface area contributed by atoms with Gasteiger partial charge in [0.25, 0.3) is 0 Å². The molecule has 1 N–H and O–H groups in total. The second-order valence-corrected chi connectivity index (χ2v) is 5.83. The first kappa shape index (κ1) is 11.3. The molecule has 0 aromatic carbocycles. The number of carbonyl (C=O) groups is 1. The predicted octanol–water partition coefficient (Wildman–Crippen LogP) is 1.68. The molecule has 86 valence electrons. The van der Waals surface area contributed by atoms with E-state index >= 15 is 0 Å². The van der Waals surface area contributed by atoms with Crippen LogP contribution in [0.5, 0.6) is 0 Å². The minimum Gasteiger partial charge on any atom is -0.481 e. The number of aliphatic carboxylic acids is 1. The van der Waals surface area contributed by atoms with Gasteiger partial charge in [-0.1, -0.05) is 6.92 Å². The van der Waals surface area contributed by atoms with Crippen molar-refractivity contribution in [2.75, 3.05) is 24.6 Å². The van der Waals surface area contributed by atoms with Gasteiger partial charge in [-0.3, -0.25) is 9.69 Å². The van der Waals surface area contributed by atoms with Crippen molar-refractivity contribution in [1.82, 2.24) is 4.90 Å². The van der Waals surface area contributed by atoms with Crippen LogP contribution >= 0.6 is 11.8 Å². The fourth-order valence-electron chi connectivity index (χ4n) is 2.64. The molecule has 0 aromatic heterocycles. The number of rotatable bonds is 3. The van der Waals surface area contributed by atoms with Crippen LogP contribution in [-0.4, -0.2) is 46.6 Å². The molecular weight excluding hydrogens is 210 g/mol. The average molecular weight is 229 g/mol. The summed E-state index contributed by atoms with van der Waals surface area (Å²) in [7, 11) is 0. The Labute approximate surface area is 95.2 Å². The standard InChI is InChI=1S/C11H19NO2S/c1-2-11(10(13)14)4-5-12(8-11)9-3-6-15-7-9/h9H,2-8H2,1H3,(H,13,14). The first-order chi connectivity index (χ1) is 7.18. The van der Waals surface area contributed by atoms with E-state index in [4.69, 9.17) is 0 Å². The summed E-state index contributed by atoms with van der Waals surface area (Å²) in [6.07, 6.45) is 2.84. The highest BCUT2D eigenvalue weighted by Gasteiger charge is 2.45. The van der Waals surface area contributed by atoms with Crippen molar-refractivity contribution in [2.24, 2.45) is 5.41 Å². The Balaban J connectivity index is 2.00. The molecule has 2 aliphatic heterocycles. The van der Waals surface area contributed by atoms with E-state index in [9.17, 15) is 9.90 Å². The maximum Gasteiger partial charge on any atom is 0.310 e. The van der Waals surface area contributed by atoms with Crippen LogP contribution < -0.4 is 0 Å². The second kappa shape index (κ2) is 4.34. The van der Waals surface area contributed by atoms with E-state index in [1.165, 1.54) is 17.9 Å². The van der Waals surface area contributed by atoms with Crippen LogP contribution in [0.15, 0.2) is 0 Å². The molecule has 0 saturated carbocycles. The molecule has 2 heterocycles. The van der Waals surface area contributed by atoms with E-state index in [-0.39, 0.29) is 0 Å². The van der Waals surface area contributed by atoms with Crippen LogP contribution in [0.4, 0.5) is 0 Å². The third-order valence-corrected chi connectivity index (χ3v) is 5.08. The maximum atomic E-state index is 11.3. The van der Waals surface area contributed by atoms with Crippen LogP contribution in [0.25, 0.3) is 0 Å². The number of thioether (sulfide) groups is 1. The van der Waals surface area contributed by atoms with Gasteiger partial charge in [-0.05, 0) is 31.6 Å². The molecule has 2 aliphatic rings. The van der Waals surface area contributed by atoms with Crippen molar-refractivity contribution in [3.63, 3.8) is 0 Å². The van der Waals surface area contributed by atoms with E-state index in [1.807, 2.05) is 18.7 Å². The smallest absolute Gasteiger partial charge is 0.310 e. The highest BCUT2D eigenvalue weighted by atomic mass is 32.2. The number of nitrogens with zero attached hydrogens (tertiary/aromatic N) is 1. The topological polar surface area (TPSA) is 40.5 Å². The molecule has 2 atom stereocenters. The molecule has 2 rings (SSSR count). The molecule has 3 nitrogen and oxygen atoms in total. The lowest BCUT2D eigenvalue weighted by molar-refractivity contribution is -0.148. The third kappa shape index (κ3) is 2.02. The lowest BCUT2D eigenvalue weighted by Crippen LogP contribution is -2.38. The summed E-state index contributed by atoms with van der Waals surface area (Å²) in [6.45, 7) is 3.75. The fraction of sp³-hybridized carbons (Fsp3) is 0.909.